The van der Waals surface area contributed by atoms with Gasteiger partial charge >= 0.3 is 5.63 Å². The van der Waals surface area contributed by atoms with E-state index in [-0.39, 0.29) is 5.63 Å². The highest BCUT2D eigenvalue weighted by Gasteiger charge is 2.24. The van der Waals surface area contributed by atoms with Crippen LogP contribution in [0.5, 0.6) is 5.75 Å². The van der Waals surface area contributed by atoms with Crippen molar-refractivity contribution < 1.29 is 8.84 Å². The van der Waals surface area contributed by atoms with Crippen LogP contribution in [-0.4, -0.2) is 8.32 Å². The van der Waals surface area contributed by atoms with Gasteiger partial charge in [-0.25, -0.2) is 4.79 Å². The summed E-state index contributed by atoms with van der Waals surface area (Å²) in [5.74, 6) is 1.59. The minimum Gasteiger partial charge on any atom is -0.544 e. The maximum absolute atomic E-state index is 11.3. The van der Waals surface area contributed by atoms with Crippen LogP contribution in [0, 0.1) is 0 Å². The van der Waals surface area contributed by atoms with E-state index in [1.54, 1.807) is 0 Å². The molecule has 3 nitrogen and oxygen atoms in total. The number of aryl methyl sites for hydroxylation is 1. The molecule has 0 bridgehead atoms. The van der Waals surface area contributed by atoms with E-state index >= 15 is 0 Å². The van der Waals surface area contributed by atoms with Gasteiger partial charge in [0.25, 0.3) is 0 Å². The molecule has 82 valence electrons. The molecule has 0 saturated carbocycles. The zero-order chi connectivity index (χ0) is 11.1. The van der Waals surface area contributed by atoms with Crippen LogP contribution < -0.4 is 10.1 Å². The molecule has 1 aromatic heterocycles. The summed E-state index contributed by atoms with van der Waals surface area (Å²) in [4.78, 5) is 11.3. The molecule has 0 spiro atoms. The van der Waals surface area contributed by atoms with Crippen molar-refractivity contribution in [3.05, 3.63) is 27.8 Å². The standard InChI is InChI=1S/C11H16O3Si/c1-15(2,3)14-10-7-11(12)13-9-6-4-5-8(9)10/h7H,4-6H2,1-3H3. The van der Waals surface area contributed by atoms with E-state index in [0.29, 0.717) is 0 Å². The van der Waals surface area contributed by atoms with Crippen LogP contribution in [0.15, 0.2) is 15.3 Å². The second-order valence-corrected chi connectivity index (χ2v) is 9.33. The first kappa shape index (κ1) is 10.5. The Morgan fingerprint density at radius 1 is 1.33 bits per heavy atom. The topological polar surface area (TPSA) is 39.4 Å². The highest BCUT2D eigenvalue weighted by atomic mass is 28.4. The first-order valence-electron chi connectivity index (χ1n) is 5.31. The van der Waals surface area contributed by atoms with Gasteiger partial charge in [-0.2, -0.15) is 0 Å². The van der Waals surface area contributed by atoms with E-state index < -0.39 is 8.32 Å². The average molecular weight is 224 g/mol. The Hall–Kier alpha value is -1.03. The van der Waals surface area contributed by atoms with Crippen LogP contribution in [0.1, 0.15) is 17.7 Å². The normalized spacial score (nSPS) is 15.1. The highest BCUT2D eigenvalue weighted by molar-refractivity contribution is 6.70. The molecule has 0 fully saturated rings. The summed E-state index contributed by atoms with van der Waals surface area (Å²) < 4.78 is 11.1. The van der Waals surface area contributed by atoms with Gasteiger partial charge in [-0.1, -0.05) is 0 Å². The lowest BCUT2D eigenvalue weighted by atomic mass is 10.2. The summed E-state index contributed by atoms with van der Waals surface area (Å²) in [5.41, 5.74) is 0.820. The van der Waals surface area contributed by atoms with Crippen LogP contribution in [-0.2, 0) is 12.8 Å². The van der Waals surface area contributed by atoms with Gasteiger partial charge in [0.2, 0.25) is 8.32 Å². The molecule has 1 aliphatic rings. The Kier molecular flexibility index (Phi) is 2.46. The van der Waals surface area contributed by atoms with Crippen LogP contribution in [0.3, 0.4) is 0 Å². The fourth-order valence-electron chi connectivity index (χ4n) is 1.86. The van der Waals surface area contributed by atoms with Gasteiger partial charge < -0.3 is 8.84 Å². The lowest BCUT2D eigenvalue weighted by Gasteiger charge is -2.20. The quantitative estimate of drug-likeness (QED) is 0.724. The smallest absolute Gasteiger partial charge is 0.339 e. The molecule has 0 unspecified atom stereocenters. The molecular weight excluding hydrogens is 208 g/mol. The zero-order valence-corrected chi connectivity index (χ0v) is 10.4. The van der Waals surface area contributed by atoms with Crippen molar-refractivity contribution in [1.29, 1.82) is 0 Å². The predicted octanol–water partition coefficient (Wildman–Crippen LogP) is 2.34. The Balaban J connectivity index is 2.43. The number of hydrogen-bond donors (Lipinski definition) is 0. The minimum atomic E-state index is -1.64. The second-order valence-electron chi connectivity index (χ2n) is 4.90. The van der Waals surface area contributed by atoms with Gasteiger partial charge in [0.1, 0.15) is 11.5 Å². The molecule has 0 saturated heterocycles. The molecule has 1 aromatic rings. The maximum Gasteiger partial charge on any atom is 0.339 e. The predicted molar refractivity (Wildman–Crippen MR) is 61.0 cm³/mol. The Morgan fingerprint density at radius 3 is 2.73 bits per heavy atom. The van der Waals surface area contributed by atoms with Crippen LogP contribution >= 0.6 is 0 Å². The van der Waals surface area contributed by atoms with E-state index in [1.165, 1.54) is 6.07 Å². The van der Waals surface area contributed by atoms with Crippen LogP contribution in [0.2, 0.25) is 19.6 Å². The van der Waals surface area contributed by atoms with Gasteiger partial charge in [-0.3, -0.25) is 0 Å². The number of rotatable bonds is 2. The van der Waals surface area contributed by atoms with E-state index in [2.05, 4.69) is 19.6 Å². The summed E-state index contributed by atoms with van der Waals surface area (Å²) in [6.07, 6.45) is 2.90. The van der Waals surface area contributed by atoms with Gasteiger partial charge in [0, 0.05) is 12.0 Å². The molecule has 0 amide bonds. The summed E-state index contributed by atoms with van der Waals surface area (Å²) >= 11 is 0. The summed E-state index contributed by atoms with van der Waals surface area (Å²) in [5, 5.41) is 0. The molecule has 1 aliphatic carbocycles. The average Bonchev–Trinajstić information content (AvgIpc) is 2.48. The summed E-state index contributed by atoms with van der Waals surface area (Å²) in [6, 6.07) is 1.49. The molecule has 15 heavy (non-hydrogen) atoms. The van der Waals surface area contributed by atoms with Crippen molar-refractivity contribution in [2.45, 2.75) is 38.9 Å². The van der Waals surface area contributed by atoms with Crippen molar-refractivity contribution in [3.63, 3.8) is 0 Å². The van der Waals surface area contributed by atoms with Gasteiger partial charge in [0.15, 0.2) is 0 Å². The molecular formula is C11H16O3Si. The lowest BCUT2D eigenvalue weighted by molar-refractivity contribution is 0.451. The minimum absolute atomic E-state index is 0.288. The molecule has 2 rings (SSSR count). The zero-order valence-electron chi connectivity index (χ0n) is 9.42. The number of hydrogen-bond acceptors (Lipinski definition) is 3. The van der Waals surface area contributed by atoms with Gasteiger partial charge in [-0.15, -0.1) is 0 Å². The Labute approximate surface area is 90.2 Å². The molecule has 0 atom stereocenters. The second kappa shape index (κ2) is 3.52. The monoisotopic (exact) mass is 224 g/mol. The van der Waals surface area contributed by atoms with E-state index in [1.807, 2.05) is 0 Å². The fourth-order valence-corrected chi connectivity index (χ4v) is 2.70. The lowest BCUT2D eigenvalue weighted by Crippen LogP contribution is -2.30. The molecule has 0 aromatic carbocycles. The molecule has 0 aliphatic heterocycles. The van der Waals surface area contributed by atoms with Crippen molar-refractivity contribution >= 4 is 8.32 Å². The van der Waals surface area contributed by atoms with E-state index in [9.17, 15) is 4.79 Å². The molecule has 4 heteroatoms. The van der Waals surface area contributed by atoms with Crippen molar-refractivity contribution in [2.75, 3.05) is 0 Å². The van der Waals surface area contributed by atoms with Crippen molar-refractivity contribution in [1.82, 2.24) is 0 Å². The van der Waals surface area contributed by atoms with Crippen LogP contribution in [0.25, 0.3) is 0 Å². The highest BCUT2D eigenvalue weighted by Crippen LogP contribution is 2.30. The van der Waals surface area contributed by atoms with Crippen LogP contribution in [0.4, 0.5) is 0 Å². The Bertz CT molecular complexity index is 428. The van der Waals surface area contributed by atoms with Gasteiger partial charge in [0.05, 0.1) is 6.07 Å². The fraction of sp³-hybridized carbons (Fsp3) is 0.545. The van der Waals surface area contributed by atoms with Crippen molar-refractivity contribution in [2.24, 2.45) is 0 Å². The largest absolute Gasteiger partial charge is 0.544 e. The van der Waals surface area contributed by atoms with Gasteiger partial charge in [-0.05, 0) is 32.5 Å². The third kappa shape index (κ3) is 2.31. The maximum atomic E-state index is 11.3. The third-order valence-corrected chi connectivity index (χ3v) is 3.19. The summed E-state index contributed by atoms with van der Waals surface area (Å²) in [7, 11) is -1.64. The SMILES string of the molecule is C[Si](C)(C)Oc1cc(=O)oc2c1CCC2. The molecule has 0 N–H and O–H groups in total. The van der Waals surface area contributed by atoms with Crippen molar-refractivity contribution in [3.8, 4) is 5.75 Å². The third-order valence-electron chi connectivity index (χ3n) is 2.35. The van der Waals surface area contributed by atoms with E-state index in [0.717, 1.165) is 36.3 Å². The molecule has 0 radical (unpaired) electrons. The number of fused-ring (bicyclic) bond motifs is 1. The first-order chi connectivity index (χ1) is 6.96. The Morgan fingerprint density at radius 2 is 2.07 bits per heavy atom. The van der Waals surface area contributed by atoms with E-state index in [4.69, 9.17) is 8.84 Å². The summed E-state index contributed by atoms with van der Waals surface area (Å²) in [6.45, 7) is 6.34. The first-order valence-corrected chi connectivity index (χ1v) is 8.71. The molecule has 1 heterocycles.